The zero-order valence-electron chi connectivity index (χ0n) is 17.4. The average molecular weight is 445 g/mol. The molecule has 2 rings (SSSR count). The molecule has 0 radical (unpaired) electrons. The minimum absolute atomic E-state index is 0.0145. The third-order valence-electron chi connectivity index (χ3n) is 4.71. The second-order valence-electron chi connectivity index (χ2n) is 6.79. The van der Waals surface area contributed by atoms with Gasteiger partial charge >= 0.3 is 5.97 Å². The van der Waals surface area contributed by atoms with Crippen LogP contribution in [0.5, 0.6) is 0 Å². The molecule has 0 bridgehead atoms. The maximum absolute atomic E-state index is 13.4. The highest BCUT2D eigenvalue weighted by molar-refractivity contribution is 7.89. The number of carbonyl (C=O) groups excluding carboxylic acids is 1. The lowest BCUT2D eigenvalue weighted by atomic mass is 10.0. The van der Waals surface area contributed by atoms with Crippen LogP contribution < -0.4 is 0 Å². The van der Waals surface area contributed by atoms with Crippen LogP contribution in [-0.4, -0.2) is 43.3 Å². The molecule has 0 saturated heterocycles. The van der Waals surface area contributed by atoms with E-state index in [-0.39, 0.29) is 23.5 Å². The Hall–Kier alpha value is -3.30. The first kappa shape index (κ1) is 24.0. The summed E-state index contributed by atoms with van der Waals surface area (Å²) in [5.74, 6) is -0.730. The van der Waals surface area contributed by atoms with Crippen LogP contribution in [0, 0.1) is 17.0 Å². The number of sulfonamides is 1. The molecule has 31 heavy (non-hydrogen) atoms. The van der Waals surface area contributed by atoms with Crippen LogP contribution >= 0.6 is 0 Å². The molecular weight excluding hydrogens is 420 g/mol. The van der Waals surface area contributed by atoms with Crippen molar-refractivity contribution in [1.29, 1.82) is 0 Å². The molecular formula is C22H24N2O6S. The summed E-state index contributed by atoms with van der Waals surface area (Å²) in [5.41, 5.74) is 1.26. The second kappa shape index (κ2) is 10.1. The molecule has 1 atom stereocenters. The first-order valence-corrected chi connectivity index (χ1v) is 10.8. The van der Waals surface area contributed by atoms with Crippen molar-refractivity contribution in [3.8, 4) is 0 Å². The smallest absolute Gasteiger partial charge is 0.324 e. The molecule has 0 spiro atoms. The lowest BCUT2D eigenvalue weighted by Gasteiger charge is -2.29. The number of rotatable bonds is 10. The molecule has 0 aliphatic rings. The van der Waals surface area contributed by atoms with Gasteiger partial charge in [0.25, 0.3) is 5.69 Å². The summed E-state index contributed by atoms with van der Waals surface area (Å²) in [6, 6.07) is 11.0. The molecule has 164 valence electrons. The zero-order chi connectivity index (χ0) is 23.2. The maximum atomic E-state index is 13.4. The van der Waals surface area contributed by atoms with Gasteiger partial charge in [0, 0.05) is 18.2 Å². The number of nitro groups is 1. The second-order valence-corrected chi connectivity index (χ2v) is 8.68. The number of methoxy groups -OCH3 is 1. The fourth-order valence-corrected chi connectivity index (χ4v) is 4.68. The third kappa shape index (κ3) is 5.44. The topological polar surface area (TPSA) is 107 Å². The van der Waals surface area contributed by atoms with Gasteiger partial charge in [-0.05, 0) is 48.7 Å². The van der Waals surface area contributed by atoms with E-state index in [2.05, 4.69) is 13.2 Å². The number of hydrogen-bond donors (Lipinski definition) is 0. The minimum atomic E-state index is -4.10. The van der Waals surface area contributed by atoms with E-state index >= 15 is 0 Å². The van der Waals surface area contributed by atoms with Crippen molar-refractivity contribution in [1.82, 2.24) is 4.31 Å². The first-order valence-electron chi connectivity index (χ1n) is 9.32. The Labute approximate surface area is 181 Å². The summed E-state index contributed by atoms with van der Waals surface area (Å²) in [7, 11) is -2.92. The number of ether oxygens (including phenoxy) is 1. The van der Waals surface area contributed by atoms with E-state index in [1.54, 1.807) is 31.2 Å². The van der Waals surface area contributed by atoms with E-state index < -0.39 is 27.0 Å². The van der Waals surface area contributed by atoms with Crippen LogP contribution in [0.3, 0.4) is 0 Å². The Morgan fingerprint density at radius 1 is 1.26 bits per heavy atom. The summed E-state index contributed by atoms with van der Waals surface area (Å²) in [6.07, 6.45) is 1.47. The molecule has 0 N–H and O–H groups in total. The molecule has 0 aliphatic heterocycles. The lowest BCUT2D eigenvalue weighted by Crippen LogP contribution is -2.46. The monoisotopic (exact) mass is 444 g/mol. The van der Waals surface area contributed by atoms with Crippen molar-refractivity contribution < 1.29 is 22.9 Å². The molecule has 0 fully saturated rings. The van der Waals surface area contributed by atoms with Crippen LogP contribution in [0.1, 0.15) is 17.5 Å². The van der Waals surface area contributed by atoms with Crippen molar-refractivity contribution in [3.05, 3.63) is 89.0 Å². The normalized spacial score (nSPS) is 12.2. The first-order chi connectivity index (χ1) is 14.6. The highest BCUT2D eigenvalue weighted by Gasteiger charge is 2.36. The van der Waals surface area contributed by atoms with Crippen molar-refractivity contribution >= 4 is 27.3 Å². The molecule has 9 heteroatoms. The van der Waals surface area contributed by atoms with Gasteiger partial charge in [0.05, 0.1) is 16.9 Å². The Balaban J connectivity index is 2.51. The van der Waals surface area contributed by atoms with Crippen LogP contribution in [0.15, 0.2) is 72.7 Å². The third-order valence-corrected chi connectivity index (χ3v) is 6.58. The average Bonchev–Trinajstić information content (AvgIpc) is 2.75. The van der Waals surface area contributed by atoms with Gasteiger partial charge in [0.2, 0.25) is 10.0 Å². The van der Waals surface area contributed by atoms with Crippen LogP contribution in [0.2, 0.25) is 0 Å². The van der Waals surface area contributed by atoms with E-state index in [0.717, 1.165) is 4.31 Å². The van der Waals surface area contributed by atoms with Crippen LogP contribution in [-0.2, 0) is 19.6 Å². The van der Waals surface area contributed by atoms with Crippen molar-refractivity contribution in [2.75, 3.05) is 13.7 Å². The summed E-state index contributed by atoms with van der Waals surface area (Å²) >= 11 is 0. The SMILES string of the molecule is C=CCC(C(=O)OC)N(CC(=C)c1ccc([N+](=O)[O-])c(C)c1)S(=O)(=O)c1ccccc1. The fraction of sp³-hybridized carbons (Fsp3) is 0.227. The molecule has 0 saturated carbocycles. The van der Waals surface area contributed by atoms with E-state index in [0.29, 0.717) is 16.7 Å². The predicted molar refractivity (Wildman–Crippen MR) is 118 cm³/mol. The van der Waals surface area contributed by atoms with E-state index in [1.165, 1.54) is 37.5 Å². The highest BCUT2D eigenvalue weighted by atomic mass is 32.2. The van der Waals surface area contributed by atoms with Crippen molar-refractivity contribution in [3.63, 3.8) is 0 Å². The summed E-state index contributed by atoms with van der Waals surface area (Å²) in [4.78, 5) is 23.0. The molecule has 0 amide bonds. The number of benzene rings is 2. The molecule has 1 unspecified atom stereocenters. The number of hydrogen-bond acceptors (Lipinski definition) is 6. The number of nitrogens with zero attached hydrogens (tertiary/aromatic N) is 2. The van der Waals surface area contributed by atoms with Gasteiger partial charge in [-0.2, -0.15) is 4.31 Å². The summed E-state index contributed by atoms with van der Waals surface area (Å²) in [6.45, 7) is 8.94. The van der Waals surface area contributed by atoms with Gasteiger partial charge in [-0.1, -0.05) is 30.9 Å². The molecule has 2 aromatic carbocycles. The minimum Gasteiger partial charge on any atom is -0.468 e. The van der Waals surface area contributed by atoms with E-state index in [1.807, 2.05) is 0 Å². The zero-order valence-corrected chi connectivity index (χ0v) is 18.2. The predicted octanol–water partition coefficient (Wildman–Crippen LogP) is 3.73. The maximum Gasteiger partial charge on any atom is 0.324 e. The molecule has 0 aromatic heterocycles. The van der Waals surface area contributed by atoms with Crippen LogP contribution in [0.4, 0.5) is 5.69 Å². The Kier molecular flexibility index (Phi) is 7.84. The Morgan fingerprint density at radius 3 is 2.42 bits per heavy atom. The van der Waals surface area contributed by atoms with Crippen molar-refractivity contribution in [2.45, 2.75) is 24.3 Å². The molecule has 0 aliphatic carbocycles. The number of carbonyl (C=O) groups is 1. The van der Waals surface area contributed by atoms with Gasteiger partial charge < -0.3 is 4.74 Å². The van der Waals surface area contributed by atoms with Gasteiger partial charge in [0.1, 0.15) is 6.04 Å². The number of nitro benzene ring substituents is 1. The standard InChI is InChI=1S/C22H24N2O6S/c1-5-9-21(22(25)30-4)23(31(28,29)19-10-7-6-8-11-19)15-17(3)18-12-13-20(24(26)27)16(2)14-18/h5-8,10-14,21H,1,3,9,15H2,2,4H3. The largest absolute Gasteiger partial charge is 0.468 e. The van der Waals surface area contributed by atoms with E-state index in [9.17, 15) is 23.3 Å². The summed E-state index contributed by atoms with van der Waals surface area (Å²) in [5, 5.41) is 11.1. The van der Waals surface area contributed by atoms with Crippen molar-refractivity contribution in [2.24, 2.45) is 0 Å². The molecule has 8 nitrogen and oxygen atoms in total. The Morgan fingerprint density at radius 2 is 1.90 bits per heavy atom. The van der Waals surface area contributed by atoms with Gasteiger partial charge in [-0.15, -0.1) is 6.58 Å². The molecule has 0 heterocycles. The summed E-state index contributed by atoms with van der Waals surface area (Å²) < 4.78 is 32.6. The highest BCUT2D eigenvalue weighted by Crippen LogP contribution is 2.27. The van der Waals surface area contributed by atoms with E-state index in [4.69, 9.17) is 4.74 Å². The quantitative estimate of drug-likeness (QED) is 0.239. The van der Waals surface area contributed by atoms with Crippen LogP contribution in [0.25, 0.3) is 5.57 Å². The lowest BCUT2D eigenvalue weighted by molar-refractivity contribution is -0.385. The number of esters is 1. The van der Waals surface area contributed by atoms with Gasteiger partial charge in [-0.3, -0.25) is 14.9 Å². The Bertz CT molecular complexity index is 1100. The fourth-order valence-electron chi connectivity index (χ4n) is 3.08. The number of aryl methyl sites for hydroxylation is 1. The van der Waals surface area contributed by atoms with Gasteiger partial charge in [-0.25, -0.2) is 8.42 Å². The van der Waals surface area contributed by atoms with Gasteiger partial charge in [0.15, 0.2) is 0 Å². The molecule has 2 aromatic rings.